The van der Waals surface area contributed by atoms with E-state index in [1.807, 2.05) is 18.2 Å². The van der Waals surface area contributed by atoms with E-state index in [2.05, 4.69) is 10.2 Å². The minimum absolute atomic E-state index is 0.335. The predicted molar refractivity (Wildman–Crippen MR) is 68.6 cm³/mol. The quantitative estimate of drug-likeness (QED) is 0.866. The lowest BCUT2D eigenvalue weighted by Gasteiger charge is -2.11. The van der Waals surface area contributed by atoms with Crippen LogP contribution in [0.2, 0.25) is 0 Å². The summed E-state index contributed by atoms with van der Waals surface area (Å²) in [6, 6.07) is 5.70. The molecular formula is C13H15N3O2. The summed E-state index contributed by atoms with van der Waals surface area (Å²) in [6.07, 6.45) is 4.16. The van der Waals surface area contributed by atoms with Crippen molar-refractivity contribution in [2.45, 2.75) is 18.9 Å². The number of nitrogens with zero attached hydrogens (tertiary/aromatic N) is 1. The van der Waals surface area contributed by atoms with Crippen molar-refractivity contribution >= 4 is 5.69 Å². The average Bonchev–Trinajstić information content (AvgIpc) is 3.10. The third-order valence-corrected chi connectivity index (χ3v) is 2.94. The van der Waals surface area contributed by atoms with E-state index in [-0.39, 0.29) is 0 Å². The van der Waals surface area contributed by atoms with Gasteiger partial charge < -0.3 is 15.2 Å². The van der Waals surface area contributed by atoms with Crippen LogP contribution in [0, 0.1) is 0 Å². The van der Waals surface area contributed by atoms with Gasteiger partial charge in [-0.25, -0.2) is 0 Å². The molecule has 0 spiro atoms. The van der Waals surface area contributed by atoms with Crippen LogP contribution in [0.25, 0.3) is 11.3 Å². The maximum atomic E-state index is 5.89. The Balaban J connectivity index is 2.05. The summed E-state index contributed by atoms with van der Waals surface area (Å²) in [5.41, 5.74) is 8.14. The first-order valence-corrected chi connectivity index (χ1v) is 5.92. The Hall–Kier alpha value is -2.17. The molecule has 18 heavy (non-hydrogen) atoms. The SMILES string of the molecule is COc1ccc(OC2CC2)c(-c2[nH]ncc2N)c1. The van der Waals surface area contributed by atoms with Gasteiger partial charge in [-0.2, -0.15) is 5.10 Å². The van der Waals surface area contributed by atoms with Gasteiger partial charge in [0.05, 0.1) is 30.8 Å². The van der Waals surface area contributed by atoms with Crippen molar-refractivity contribution in [2.75, 3.05) is 12.8 Å². The third kappa shape index (κ3) is 1.99. The maximum Gasteiger partial charge on any atom is 0.129 e. The molecule has 1 aromatic carbocycles. The van der Waals surface area contributed by atoms with Gasteiger partial charge in [0.25, 0.3) is 0 Å². The summed E-state index contributed by atoms with van der Waals surface area (Å²) in [4.78, 5) is 0. The molecule has 0 atom stereocenters. The van der Waals surface area contributed by atoms with Gasteiger partial charge in [0.2, 0.25) is 0 Å². The molecule has 0 saturated heterocycles. The van der Waals surface area contributed by atoms with Gasteiger partial charge in [0, 0.05) is 5.56 Å². The van der Waals surface area contributed by atoms with Crippen molar-refractivity contribution in [3.63, 3.8) is 0 Å². The van der Waals surface area contributed by atoms with E-state index in [9.17, 15) is 0 Å². The molecule has 0 bridgehead atoms. The first kappa shape index (κ1) is 11.0. The van der Waals surface area contributed by atoms with E-state index in [4.69, 9.17) is 15.2 Å². The zero-order valence-corrected chi connectivity index (χ0v) is 10.1. The van der Waals surface area contributed by atoms with E-state index < -0.39 is 0 Å². The molecule has 1 fully saturated rings. The number of nitrogens with one attached hydrogen (secondary N) is 1. The van der Waals surface area contributed by atoms with Crippen molar-refractivity contribution in [2.24, 2.45) is 0 Å². The Labute approximate surface area is 105 Å². The highest BCUT2D eigenvalue weighted by atomic mass is 16.5. The molecule has 0 radical (unpaired) electrons. The molecule has 3 rings (SSSR count). The number of hydrogen-bond donors (Lipinski definition) is 2. The summed E-state index contributed by atoms with van der Waals surface area (Å²) in [6.45, 7) is 0. The molecule has 1 aromatic heterocycles. The van der Waals surface area contributed by atoms with Gasteiger partial charge in [-0.1, -0.05) is 0 Å². The molecular weight excluding hydrogens is 230 g/mol. The van der Waals surface area contributed by atoms with Crippen LogP contribution in [-0.2, 0) is 0 Å². The van der Waals surface area contributed by atoms with E-state index in [1.54, 1.807) is 13.3 Å². The highest BCUT2D eigenvalue weighted by Crippen LogP contribution is 2.38. The molecule has 1 heterocycles. The van der Waals surface area contributed by atoms with Crippen LogP contribution >= 0.6 is 0 Å². The van der Waals surface area contributed by atoms with E-state index in [0.29, 0.717) is 11.8 Å². The number of anilines is 1. The van der Waals surface area contributed by atoms with E-state index in [0.717, 1.165) is 35.6 Å². The fraction of sp³-hybridized carbons (Fsp3) is 0.308. The second-order valence-corrected chi connectivity index (χ2v) is 4.38. The number of ether oxygens (including phenoxy) is 2. The number of nitrogen functional groups attached to an aromatic ring is 1. The number of H-pyrrole nitrogens is 1. The fourth-order valence-corrected chi connectivity index (χ4v) is 1.81. The molecule has 1 aliphatic rings. The van der Waals surface area contributed by atoms with Crippen molar-refractivity contribution in [3.05, 3.63) is 24.4 Å². The second-order valence-electron chi connectivity index (χ2n) is 4.38. The minimum Gasteiger partial charge on any atom is -0.497 e. The van der Waals surface area contributed by atoms with Gasteiger partial charge in [0.15, 0.2) is 0 Å². The molecule has 1 saturated carbocycles. The van der Waals surface area contributed by atoms with Gasteiger partial charge in [-0.3, -0.25) is 5.10 Å². The monoisotopic (exact) mass is 245 g/mol. The van der Waals surface area contributed by atoms with E-state index >= 15 is 0 Å². The van der Waals surface area contributed by atoms with Gasteiger partial charge in [-0.15, -0.1) is 0 Å². The Morgan fingerprint density at radius 3 is 2.83 bits per heavy atom. The van der Waals surface area contributed by atoms with E-state index in [1.165, 1.54) is 0 Å². The largest absolute Gasteiger partial charge is 0.497 e. The molecule has 94 valence electrons. The standard InChI is InChI=1S/C13H15N3O2/c1-17-9-4-5-12(18-8-2-3-8)10(6-9)13-11(14)7-15-16-13/h4-8H,2-3,14H2,1H3,(H,15,16). The van der Waals surface area contributed by atoms with Crippen molar-refractivity contribution < 1.29 is 9.47 Å². The topological polar surface area (TPSA) is 73.2 Å². The molecule has 0 amide bonds. The van der Waals surface area contributed by atoms with Crippen LogP contribution < -0.4 is 15.2 Å². The number of aromatic amines is 1. The Kier molecular flexibility index (Phi) is 2.59. The normalized spacial score (nSPS) is 14.5. The Bertz CT molecular complexity index is 561. The third-order valence-electron chi connectivity index (χ3n) is 2.94. The van der Waals surface area contributed by atoms with Crippen molar-refractivity contribution in [3.8, 4) is 22.8 Å². The first-order chi connectivity index (χ1) is 8.78. The molecule has 3 N–H and O–H groups in total. The number of rotatable bonds is 4. The number of hydrogen-bond acceptors (Lipinski definition) is 4. The maximum absolute atomic E-state index is 5.89. The van der Waals surface area contributed by atoms with Crippen molar-refractivity contribution in [1.29, 1.82) is 0 Å². The Morgan fingerprint density at radius 2 is 2.22 bits per heavy atom. The lowest BCUT2D eigenvalue weighted by Crippen LogP contribution is -1.99. The van der Waals surface area contributed by atoms with Crippen LogP contribution in [0.5, 0.6) is 11.5 Å². The highest BCUT2D eigenvalue weighted by molar-refractivity contribution is 5.77. The van der Waals surface area contributed by atoms with Gasteiger partial charge in [-0.05, 0) is 31.0 Å². The molecule has 0 aliphatic heterocycles. The zero-order valence-electron chi connectivity index (χ0n) is 10.1. The summed E-state index contributed by atoms with van der Waals surface area (Å²) in [7, 11) is 1.64. The van der Waals surface area contributed by atoms with Crippen LogP contribution in [-0.4, -0.2) is 23.4 Å². The summed E-state index contributed by atoms with van der Waals surface area (Å²) in [5.74, 6) is 1.58. The Morgan fingerprint density at radius 1 is 1.39 bits per heavy atom. The van der Waals surface area contributed by atoms with Crippen LogP contribution in [0.15, 0.2) is 24.4 Å². The minimum atomic E-state index is 0.335. The predicted octanol–water partition coefficient (Wildman–Crippen LogP) is 2.21. The molecule has 5 heteroatoms. The number of nitrogens with two attached hydrogens (primary N) is 1. The van der Waals surface area contributed by atoms with Gasteiger partial charge in [0.1, 0.15) is 11.5 Å². The summed E-state index contributed by atoms with van der Waals surface area (Å²) >= 11 is 0. The molecule has 5 nitrogen and oxygen atoms in total. The molecule has 2 aromatic rings. The van der Waals surface area contributed by atoms with Crippen LogP contribution in [0.3, 0.4) is 0 Å². The van der Waals surface area contributed by atoms with Crippen LogP contribution in [0.4, 0.5) is 5.69 Å². The number of benzene rings is 1. The summed E-state index contributed by atoms with van der Waals surface area (Å²) < 4.78 is 11.1. The number of methoxy groups -OCH3 is 1. The highest BCUT2D eigenvalue weighted by Gasteiger charge is 2.25. The lowest BCUT2D eigenvalue weighted by molar-refractivity contribution is 0.303. The first-order valence-electron chi connectivity index (χ1n) is 5.92. The van der Waals surface area contributed by atoms with Gasteiger partial charge >= 0.3 is 0 Å². The number of aromatic nitrogens is 2. The smallest absolute Gasteiger partial charge is 0.129 e. The zero-order chi connectivity index (χ0) is 12.5. The van der Waals surface area contributed by atoms with Crippen LogP contribution in [0.1, 0.15) is 12.8 Å². The fourth-order valence-electron chi connectivity index (χ4n) is 1.81. The summed E-state index contributed by atoms with van der Waals surface area (Å²) in [5, 5.41) is 6.84. The lowest BCUT2D eigenvalue weighted by atomic mass is 10.1. The molecule has 1 aliphatic carbocycles. The molecule has 0 unspecified atom stereocenters. The average molecular weight is 245 g/mol. The second kappa shape index (κ2) is 4.25. The van der Waals surface area contributed by atoms with Crippen molar-refractivity contribution in [1.82, 2.24) is 10.2 Å².